The molecule has 1 aliphatic rings. The Bertz CT molecular complexity index is 360. The molecule has 1 nitrogen and oxygen atoms in total. The van der Waals surface area contributed by atoms with E-state index >= 15 is 0 Å². The van der Waals surface area contributed by atoms with Crippen molar-refractivity contribution in [3.63, 3.8) is 0 Å². The molecule has 0 aliphatic heterocycles. The minimum atomic E-state index is 0.401. The fourth-order valence-corrected chi connectivity index (χ4v) is 2.39. The molecule has 1 heteroatoms. The molecular formula is C17H27N. The van der Waals surface area contributed by atoms with Crippen LogP contribution in [0.1, 0.15) is 52.0 Å². The maximum Gasteiger partial charge on any atom is 0.00789 e. The van der Waals surface area contributed by atoms with Gasteiger partial charge in [-0.2, -0.15) is 0 Å². The second kappa shape index (κ2) is 5.44. The van der Waals surface area contributed by atoms with Crippen molar-refractivity contribution in [2.75, 3.05) is 6.54 Å². The molecule has 1 saturated carbocycles. The fraction of sp³-hybridized carbons (Fsp3) is 0.647. The Kier molecular flexibility index (Phi) is 4.11. The Labute approximate surface area is 112 Å². The van der Waals surface area contributed by atoms with Crippen LogP contribution in [0.3, 0.4) is 0 Å². The smallest absolute Gasteiger partial charge is 0.00789 e. The monoisotopic (exact) mass is 245 g/mol. The molecule has 0 unspecified atom stereocenters. The van der Waals surface area contributed by atoms with Gasteiger partial charge in [0.2, 0.25) is 0 Å². The molecule has 0 aromatic heterocycles. The highest BCUT2D eigenvalue weighted by atomic mass is 14.9. The molecule has 0 bridgehead atoms. The molecule has 2 rings (SSSR count). The third-order valence-electron chi connectivity index (χ3n) is 4.82. The number of nitrogens with one attached hydrogen (secondary N) is 1. The van der Waals surface area contributed by atoms with E-state index in [2.05, 4.69) is 63.3 Å². The minimum Gasteiger partial charge on any atom is -0.313 e. The topological polar surface area (TPSA) is 12.0 Å². The zero-order valence-electron chi connectivity index (χ0n) is 12.2. The van der Waals surface area contributed by atoms with Crippen molar-refractivity contribution in [1.82, 2.24) is 5.32 Å². The van der Waals surface area contributed by atoms with E-state index in [1.165, 1.54) is 18.4 Å². The lowest BCUT2D eigenvalue weighted by atomic mass is 9.74. The van der Waals surface area contributed by atoms with E-state index in [4.69, 9.17) is 0 Å². The van der Waals surface area contributed by atoms with Gasteiger partial charge >= 0.3 is 0 Å². The summed E-state index contributed by atoms with van der Waals surface area (Å²) in [6, 6.07) is 11.7. The van der Waals surface area contributed by atoms with Crippen molar-refractivity contribution < 1.29 is 0 Å². The van der Waals surface area contributed by atoms with Crippen LogP contribution >= 0.6 is 0 Å². The lowest BCUT2D eigenvalue weighted by Gasteiger charge is -2.39. The quantitative estimate of drug-likeness (QED) is 0.819. The van der Waals surface area contributed by atoms with Crippen molar-refractivity contribution in [1.29, 1.82) is 0 Å². The van der Waals surface area contributed by atoms with Crippen molar-refractivity contribution >= 4 is 0 Å². The molecular weight excluding hydrogens is 218 g/mol. The van der Waals surface area contributed by atoms with Crippen LogP contribution in [0, 0.1) is 11.3 Å². The summed E-state index contributed by atoms with van der Waals surface area (Å²) in [6.45, 7) is 10.5. The van der Waals surface area contributed by atoms with Gasteiger partial charge in [-0.1, -0.05) is 58.0 Å². The van der Waals surface area contributed by atoms with Crippen molar-refractivity contribution in [3.8, 4) is 0 Å². The van der Waals surface area contributed by atoms with Gasteiger partial charge in [0.05, 0.1) is 0 Å². The van der Waals surface area contributed by atoms with Gasteiger partial charge < -0.3 is 5.32 Å². The van der Waals surface area contributed by atoms with Gasteiger partial charge in [0.1, 0.15) is 0 Å². The molecule has 1 fully saturated rings. The summed E-state index contributed by atoms with van der Waals surface area (Å²) in [5.41, 5.74) is 1.91. The Morgan fingerprint density at radius 2 is 1.78 bits per heavy atom. The summed E-state index contributed by atoms with van der Waals surface area (Å²) in [7, 11) is 0. The summed E-state index contributed by atoms with van der Waals surface area (Å²) in [5, 5.41) is 3.74. The van der Waals surface area contributed by atoms with Crippen molar-refractivity contribution in [2.45, 2.75) is 52.5 Å². The lowest BCUT2D eigenvalue weighted by Crippen LogP contribution is -2.45. The first kappa shape index (κ1) is 13.6. The average Bonchev–Trinajstić information content (AvgIpc) is 2.28. The van der Waals surface area contributed by atoms with Gasteiger partial charge in [0, 0.05) is 12.6 Å². The van der Waals surface area contributed by atoms with Crippen LogP contribution < -0.4 is 5.32 Å². The zero-order valence-corrected chi connectivity index (χ0v) is 12.2. The summed E-state index contributed by atoms with van der Waals surface area (Å²) in [4.78, 5) is 0. The second-order valence-corrected chi connectivity index (χ2v) is 6.80. The molecule has 18 heavy (non-hydrogen) atoms. The normalized spacial score (nSPS) is 24.1. The van der Waals surface area contributed by atoms with Gasteiger partial charge in [-0.25, -0.2) is 0 Å². The fourth-order valence-electron chi connectivity index (χ4n) is 2.39. The van der Waals surface area contributed by atoms with Crippen LogP contribution in [-0.2, 0) is 0 Å². The predicted octanol–water partition coefficient (Wildman–Crippen LogP) is 4.20. The van der Waals surface area contributed by atoms with Crippen LogP contribution in [-0.4, -0.2) is 12.6 Å². The number of rotatable bonds is 5. The summed E-state index contributed by atoms with van der Waals surface area (Å²) >= 11 is 0. The predicted molar refractivity (Wildman–Crippen MR) is 78.8 cm³/mol. The minimum absolute atomic E-state index is 0.401. The highest BCUT2D eigenvalue weighted by Gasteiger charge is 2.31. The molecule has 0 atom stereocenters. The highest BCUT2D eigenvalue weighted by Crippen LogP contribution is 2.37. The van der Waals surface area contributed by atoms with E-state index in [-0.39, 0.29) is 0 Å². The second-order valence-electron chi connectivity index (χ2n) is 6.80. The summed E-state index contributed by atoms with van der Waals surface area (Å²) < 4.78 is 0. The molecule has 0 radical (unpaired) electrons. The van der Waals surface area contributed by atoms with E-state index in [1.807, 2.05) is 0 Å². The van der Waals surface area contributed by atoms with E-state index in [1.54, 1.807) is 0 Å². The van der Waals surface area contributed by atoms with Crippen LogP contribution in [0.2, 0.25) is 0 Å². The van der Waals surface area contributed by atoms with E-state index in [0.29, 0.717) is 5.41 Å². The number of hydrogen-bond donors (Lipinski definition) is 1. The molecule has 0 heterocycles. The Balaban J connectivity index is 1.74. The first-order chi connectivity index (χ1) is 8.49. The van der Waals surface area contributed by atoms with E-state index < -0.39 is 0 Å². The maximum absolute atomic E-state index is 3.74. The van der Waals surface area contributed by atoms with Crippen molar-refractivity contribution in [2.24, 2.45) is 11.3 Å². The van der Waals surface area contributed by atoms with E-state index in [9.17, 15) is 0 Å². The van der Waals surface area contributed by atoms with Gasteiger partial charge in [0.25, 0.3) is 0 Å². The molecule has 100 valence electrons. The van der Waals surface area contributed by atoms with Crippen molar-refractivity contribution in [3.05, 3.63) is 35.9 Å². The highest BCUT2D eigenvalue weighted by molar-refractivity contribution is 5.22. The Morgan fingerprint density at radius 3 is 2.33 bits per heavy atom. The van der Waals surface area contributed by atoms with Gasteiger partial charge in [-0.05, 0) is 35.7 Å². The Hall–Kier alpha value is -0.820. The van der Waals surface area contributed by atoms with Crippen LogP contribution in [0.25, 0.3) is 0 Å². The SMILES string of the molecule is CC(C)C(C)(C)CNC1CC(c2ccccc2)C1. The first-order valence-corrected chi connectivity index (χ1v) is 7.27. The average molecular weight is 245 g/mol. The summed E-state index contributed by atoms with van der Waals surface area (Å²) in [6.07, 6.45) is 2.61. The van der Waals surface area contributed by atoms with Crippen LogP contribution in [0.4, 0.5) is 0 Å². The van der Waals surface area contributed by atoms with Crippen LogP contribution in [0.5, 0.6) is 0 Å². The Morgan fingerprint density at radius 1 is 1.17 bits per heavy atom. The van der Waals surface area contributed by atoms with E-state index in [0.717, 1.165) is 24.4 Å². The zero-order chi connectivity index (χ0) is 13.2. The van der Waals surface area contributed by atoms with Gasteiger partial charge in [-0.3, -0.25) is 0 Å². The molecule has 0 spiro atoms. The largest absolute Gasteiger partial charge is 0.313 e. The summed E-state index contributed by atoms with van der Waals surface area (Å²) in [5.74, 6) is 1.51. The number of hydrogen-bond acceptors (Lipinski definition) is 1. The maximum atomic E-state index is 3.74. The molecule has 1 aromatic carbocycles. The molecule has 0 saturated heterocycles. The third-order valence-corrected chi connectivity index (χ3v) is 4.82. The lowest BCUT2D eigenvalue weighted by molar-refractivity contribution is 0.197. The molecule has 1 aliphatic carbocycles. The third kappa shape index (κ3) is 3.14. The first-order valence-electron chi connectivity index (χ1n) is 7.27. The standard InChI is InChI=1S/C17H27N/c1-13(2)17(3,4)12-18-16-10-15(11-16)14-8-6-5-7-9-14/h5-9,13,15-16,18H,10-12H2,1-4H3. The molecule has 1 aromatic rings. The number of benzene rings is 1. The van der Waals surface area contributed by atoms with Gasteiger partial charge in [-0.15, -0.1) is 0 Å². The molecule has 1 N–H and O–H groups in total. The van der Waals surface area contributed by atoms with Gasteiger partial charge in [0.15, 0.2) is 0 Å². The molecule has 0 amide bonds. The van der Waals surface area contributed by atoms with Crippen LogP contribution in [0.15, 0.2) is 30.3 Å².